The van der Waals surface area contributed by atoms with Crippen molar-refractivity contribution in [1.82, 2.24) is 9.97 Å². The zero-order valence-corrected chi connectivity index (χ0v) is 11.1. The average molecular weight is 244 g/mol. The lowest BCUT2D eigenvalue weighted by Crippen LogP contribution is -2.17. The van der Waals surface area contributed by atoms with Crippen LogP contribution in [0.4, 0.5) is 11.5 Å². The molecule has 96 valence electrons. The van der Waals surface area contributed by atoms with E-state index in [1.165, 1.54) is 0 Å². The molecule has 0 amide bonds. The van der Waals surface area contributed by atoms with Gasteiger partial charge in [-0.15, -0.1) is 0 Å². The summed E-state index contributed by atoms with van der Waals surface area (Å²) >= 11 is 0. The maximum absolute atomic E-state index is 5.81. The van der Waals surface area contributed by atoms with Crippen molar-refractivity contribution in [2.75, 3.05) is 17.6 Å². The predicted octanol–water partition coefficient (Wildman–Crippen LogP) is 2.92. The van der Waals surface area contributed by atoms with Crippen LogP contribution in [0.25, 0.3) is 10.9 Å². The molecule has 0 saturated carbocycles. The second-order valence-electron chi connectivity index (χ2n) is 5.10. The van der Waals surface area contributed by atoms with Gasteiger partial charge in [0.1, 0.15) is 12.1 Å². The summed E-state index contributed by atoms with van der Waals surface area (Å²) in [7, 11) is 0. The zero-order valence-electron chi connectivity index (χ0n) is 11.1. The Morgan fingerprint density at radius 1 is 1.22 bits per heavy atom. The van der Waals surface area contributed by atoms with E-state index in [4.69, 9.17) is 5.73 Å². The standard InChI is InChI=1S/C14H20N4/c1-9(2)10(3)7-16-14-12-6-11(15)4-5-13(12)17-8-18-14/h4-6,8-10H,7,15H2,1-3H3,(H,16,17,18). The van der Waals surface area contributed by atoms with Gasteiger partial charge in [0, 0.05) is 17.6 Å². The minimum absolute atomic E-state index is 0.594. The first-order chi connectivity index (χ1) is 8.58. The van der Waals surface area contributed by atoms with Crippen LogP contribution >= 0.6 is 0 Å². The van der Waals surface area contributed by atoms with Crippen LogP contribution < -0.4 is 11.1 Å². The third kappa shape index (κ3) is 2.70. The number of hydrogen-bond donors (Lipinski definition) is 2. The molecular weight excluding hydrogens is 224 g/mol. The van der Waals surface area contributed by atoms with Gasteiger partial charge in [0.05, 0.1) is 5.52 Å². The molecule has 0 spiro atoms. The van der Waals surface area contributed by atoms with Crippen LogP contribution in [0, 0.1) is 11.8 Å². The van der Waals surface area contributed by atoms with Crippen molar-refractivity contribution in [1.29, 1.82) is 0 Å². The van der Waals surface area contributed by atoms with E-state index in [1.807, 2.05) is 18.2 Å². The molecule has 0 bridgehead atoms. The molecule has 0 saturated heterocycles. The first kappa shape index (κ1) is 12.6. The summed E-state index contributed by atoms with van der Waals surface area (Å²) in [4.78, 5) is 8.54. The molecule has 0 aliphatic rings. The van der Waals surface area contributed by atoms with Gasteiger partial charge in [-0.1, -0.05) is 20.8 Å². The lowest BCUT2D eigenvalue weighted by Gasteiger charge is -2.17. The largest absolute Gasteiger partial charge is 0.399 e. The van der Waals surface area contributed by atoms with Crippen molar-refractivity contribution < 1.29 is 0 Å². The maximum atomic E-state index is 5.81. The fourth-order valence-corrected chi connectivity index (χ4v) is 1.71. The molecule has 1 unspecified atom stereocenters. The Balaban J connectivity index is 2.25. The highest BCUT2D eigenvalue weighted by atomic mass is 15.0. The van der Waals surface area contributed by atoms with Crippen LogP contribution in [0.15, 0.2) is 24.5 Å². The lowest BCUT2D eigenvalue weighted by molar-refractivity contribution is 0.439. The number of fused-ring (bicyclic) bond motifs is 1. The molecule has 1 atom stereocenters. The van der Waals surface area contributed by atoms with E-state index >= 15 is 0 Å². The number of anilines is 2. The van der Waals surface area contributed by atoms with Crippen LogP contribution in [0.2, 0.25) is 0 Å². The third-order valence-corrected chi connectivity index (χ3v) is 3.39. The number of hydrogen-bond acceptors (Lipinski definition) is 4. The fourth-order valence-electron chi connectivity index (χ4n) is 1.71. The molecular formula is C14H20N4. The predicted molar refractivity (Wildman–Crippen MR) is 76.4 cm³/mol. The van der Waals surface area contributed by atoms with Crippen molar-refractivity contribution in [3.63, 3.8) is 0 Å². The van der Waals surface area contributed by atoms with Crippen molar-refractivity contribution in [2.24, 2.45) is 11.8 Å². The van der Waals surface area contributed by atoms with E-state index in [1.54, 1.807) is 6.33 Å². The minimum atomic E-state index is 0.594. The summed E-state index contributed by atoms with van der Waals surface area (Å²) in [6.07, 6.45) is 1.58. The minimum Gasteiger partial charge on any atom is -0.399 e. The molecule has 4 heteroatoms. The molecule has 18 heavy (non-hydrogen) atoms. The second-order valence-corrected chi connectivity index (χ2v) is 5.10. The Bertz CT molecular complexity index is 536. The molecule has 0 radical (unpaired) electrons. The van der Waals surface area contributed by atoms with Gasteiger partial charge in [-0.25, -0.2) is 9.97 Å². The molecule has 1 aromatic carbocycles. The van der Waals surface area contributed by atoms with E-state index in [2.05, 4.69) is 36.1 Å². The first-order valence-corrected chi connectivity index (χ1v) is 6.32. The summed E-state index contributed by atoms with van der Waals surface area (Å²) in [6.45, 7) is 7.58. The molecule has 2 aromatic rings. The Kier molecular flexibility index (Phi) is 3.65. The Labute approximate surface area is 108 Å². The van der Waals surface area contributed by atoms with Gasteiger partial charge in [0.2, 0.25) is 0 Å². The summed E-state index contributed by atoms with van der Waals surface area (Å²) in [6, 6.07) is 5.69. The number of nitrogen functional groups attached to an aromatic ring is 1. The summed E-state index contributed by atoms with van der Waals surface area (Å²) in [5, 5.41) is 4.37. The molecule has 0 fully saturated rings. The highest BCUT2D eigenvalue weighted by Gasteiger charge is 2.09. The topological polar surface area (TPSA) is 63.8 Å². The van der Waals surface area contributed by atoms with Crippen molar-refractivity contribution >= 4 is 22.4 Å². The molecule has 4 nitrogen and oxygen atoms in total. The quantitative estimate of drug-likeness (QED) is 0.812. The monoisotopic (exact) mass is 244 g/mol. The van der Waals surface area contributed by atoms with Gasteiger partial charge in [-0.2, -0.15) is 0 Å². The van der Waals surface area contributed by atoms with E-state index < -0.39 is 0 Å². The highest BCUT2D eigenvalue weighted by Crippen LogP contribution is 2.22. The van der Waals surface area contributed by atoms with Gasteiger partial charge >= 0.3 is 0 Å². The number of nitrogens with zero attached hydrogens (tertiary/aromatic N) is 2. The van der Waals surface area contributed by atoms with Crippen molar-refractivity contribution in [2.45, 2.75) is 20.8 Å². The van der Waals surface area contributed by atoms with Crippen LogP contribution in [0.3, 0.4) is 0 Å². The van der Waals surface area contributed by atoms with Crippen LogP contribution in [-0.2, 0) is 0 Å². The molecule has 0 aliphatic heterocycles. The van der Waals surface area contributed by atoms with Crippen LogP contribution in [0.5, 0.6) is 0 Å². The number of nitrogens with one attached hydrogen (secondary N) is 1. The van der Waals surface area contributed by atoms with Crippen molar-refractivity contribution in [3.05, 3.63) is 24.5 Å². The maximum Gasteiger partial charge on any atom is 0.137 e. The van der Waals surface area contributed by atoms with Gasteiger partial charge in [-0.3, -0.25) is 0 Å². The Morgan fingerprint density at radius 2 is 2.00 bits per heavy atom. The molecule has 1 heterocycles. The zero-order chi connectivity index (χ0) is 13.1. The third-order valence-electron chi connectivity index (χ3n) is 3.39. The average Bonchev–Trinajstić information content (AvgIpc) is 2.35. The van der Waals surface area contributed by atoms with E-state index in [0.717, 1.165) is 29.0 Å². The number of aromatic nitrogens is 2. The summed E-state index contributed by atoms with van der Waals surface area (Å²) in [5.41, 5.74) is 7.46. The first-order valence-electron chi connectivity index (χ1n) is 6.32. The Hall–Kier alpha value is -1.84. The number of benzene rings is 1. The summed E-state index contributed by atoms with van der Waals surface area (Å²) in [5.74, 6) is 2.10. The van der Waals surface area contributed by atoms with E-state index in [0.29, 0.717) is 11.8 Å². The normalized spacial score (nSPS) is 12.9. The molecule has 2 rings (SSSR count). The SMILES string of the molecule is CC(C)C(C)CNc1ncnc2ccc(N)cc12. The molecule has 0 aliphatic carbocycles. The number of nitrogens with two attached hydrogens (primary N) is 1. The second kappa shape index (κ2) is 5.21. The van der Waals surface area contributed by atoms with Crippen LogP contribution in [-0.4, -0.2) is 16.5 Å². The number of rotatable bonds is 4. The molecule has 1 aromatic heterocycles. The lowest BCUT2D eigenvalue weighted by atomic mass is 9.98. The van der Waals surface area contributed by atoms with Crippen molar-refractivity contribution in [3.8, 4) is 0 Å². The van der Waals surface area contributed by atoms with Gasteiger partial charge in [-0.05, 0) is 30.0 Å². The summed E-state index contributed by atoms with van der Waals surface area (Å²) < 4.78 is 0. The van der Waals surface area contributed by atoms with Gasteiger partial charge in [0.15, 0.2) is 0 Å². The highest BCUT2D eigenvalue weighted by molar-refractivity contribution is 5.91. The van der Waals surface area contributed by atoms with Gasteiger partial charge in [0.25, 0.3) is 0 Å². The van der Waals surface area contributed by atoms with E-state index in [9.17, 15) is 0 Å². The van der Waals surface area contributed by atoms with Crippen LogP contribution in [0.1, 0.15) is 20.8 Å². The Morgan fingerprint density at radius 3 is 2.72 bits per heavy atom. The van der Waals surface area contributed by atoms with E-state index in [-0.39, 0.29) is 0 Å². The smallest absolute Gasteiger partial charge is 0.137 e. The van der Waals surface area contributed by atoms with Gasteiger partial charge < -0.3 is 11.1 Å². The molecule has 3 N–H and O–H groups in total. The fraction of sp³-hybridized carbons (Fsp3) is 0.429.